The summed E-state index contributed by atoms with van der Waals surface area (Å²) >= 11 is 0. The van der Waals surface area contributed by atoms with Gasteiger partial charge < -0.3 is 30.3 Å². The van der Waals surface area contributed by atoms with Gasteiger partial charge in [-0.1, -0.05) is 12.1 Å². The van der Waals surface area contributed by atoms with Crippen molar-refractivity contribution < 1.29 is 23.9 Å². The van der Waals surface area contributed by atoms with Crippen molar-refractivity contribution in [2.75, 3.05) is 24.3 Å². The topological polar surface area (TPSA) is 109 Å². The number of carbonyl (C=O) groups is 3. The summed E-state index contributed by atoms with van der Waals surface area (Å²) in [6.45, 7) is 5.98. The van der Waals surface area contributed by atoms with Gasteiger partial charge in [-0.3, -0.25) is 9.59 Å². The van der Waals surface area contributed by atoms with Crippen molar-refractivity contribution in [3.63, 3.8) is 0 Å². The summed E-state index contributed by atoms with van der Waals surface area (Å²) in [5.41, 5.74) is 2.73. The minimum atomic E-state index is -0.354. The van der Waals surface area contributed by atoms with Crippen LogP contribution < -0.4 is 20.7 Å². The largest absolute Gasteiger partial charge is 0.490 e. The molecule has 0 radical (unpaired) electrons. The summed E-state index contributed by atoms with van der Waals surface area (Å²) in [6.07, 6.45) is 0.978. The minimum Gasteiger partial charge on any atom is -0.490 e. The van der Waals surface area contributed by atoms with Crippen LogP contribution in [-0.2, 0) is 9.53 Å². The van der Waals surface area contributed by atoms with Gasteiger partial charge in [0.1, 0.15) is 18.5 Å². The number of amides is 4. The van der Waals surface area contributed by atoms with Crippen molar-refractivity contribution in [2.24, 2.45) is 0 Å². The third-order valence-electron chi connectivity index (χ3n) is 6.40. The van der Waals surface area contributed by atoms with Crippen LogP contribution in [0.3, 0.4) is 0 Å². The first-order chi connectivity index (χ1) is 17.2. The van der Waals surface area contributed by atoms with Gasteiger partial charge in [-0.25, -0.2) is 4.79 Å². The van der Waals surface area contributed by atoms with Crippen molar-refractivity contribution in [3.05, 3.63) is 53.6 Å². The third-order valence-corrected chi connectivity index (χ3v) is 6.40. The van der Waals surface area contributed by atoms with Gasteiger partial charge in [-0.15, -0.1) is 0 Å². The molecule has 2 aliphatic rings. The van der Waals surface area contributed by atoms with Crippen molar-refractivity contribution in [1.29, 1.82) is 0 Å². The summed E-state index contributed by atoms with van der Waals surface area (Å²) < 4.78 is 12.3. The number of benzene rings is 2. The van der Waals surface area contributed by atoms with E-state index in [4.69, 9.17) is 9.47 Å². The van der Waals surface area contributed by atoms with E-state index in [-0.39, 0.29) is 55.2 Å². The zero-order valence-electron chi connectivity index (χ0n) is 21.2. The number of fused-ring (bicyclic) bond motifs is 2. The van der Waals surface area contributed by atoms with Crippen LogP contribution in [0.15, 0.2) is 42.5 Å². The standard InChI is InChI=1S/C27H34N4O5/c1-16(2)28-27(34)30-19-8-11-23-21(13-19)26(33)31(4)22-10-9-20(36-24(22)15-35-23)14-25(32)29-18-7-5-6-17(3)12-18/h5-8,11-13,16,20,22,24H,9-10,14-15H2,1-4H3,(H,29,32)(H2,28,30,34)/t20-,22+,24-/m1/s1. The van der Waals surface area contributed by atoms with Crippen LogP contribution in [0.25, 0.3) is 0 Å². The molecule has 36 heavy (non-hydrogen) atoms. The normalized spacial score (nSPS) is 21.4. The first-order valence-corrected chi connectivity index (χ1v) is 12.3. The monoisotopic (exact) mass is 494 g/mol. The average molecular weight is 495 g/mol. The SMILES string of the molecule is Cc1cccc(NC(=O)C[C@H]2CC[C@H]3[C@@H](COc4ccc(NC(=O)NC(C)C)cc4C(=O)N3C)O2)c1. The fraction of sp³-hybridized carbons (Fsp3) is 0.444. The molecule has 192 valence electrons. The van der Waals surface area contributed by atoms with Gasteiger partial charge >= 0.3 is 6.03 Å². The minimum absolute atomic E-state index is 0.00823. The number of hydrogen-bond acceptors (Lipinski definition) is 5. The van der Waals surface area contributed by atoms with Crippen LogP contribution in [-0.4, -0.2) is 60.7 Å². The molecule has 2 aromatic carbocycles. The van der Waals surface area contributed by atoms with E-state index < -0.39 is 0 Å². The Balaban J connectivity index is 1.41. The lowest BCUT2D eigenvalue weighted by atomic mass is 9.94. The number of nitrogens with one attached hydrogen (secondary N) is 3. The summed E-state index contributed by atoms with van der Waals surface area (Å²) in [5, 5.41) is 8.45. The molecule has 2 aliphatic heterocycles. The quantitative estimate of drug-likeness (QED) is 0.584. The maximum absolute atomic E-state index is 13.3. The Kier molecular flexibility index (Phi) is 7.79. The van der Waals surface area contributed by atoms with Crippen molar-refractivity contribution >= 4 is 29.2 Å². The van der Waals surface area contributed by atoms with Crippen LogP contribution in [0, 0.1) is 6.92 Å². The van der Waals surface area contributed by atoms with E-state index in [1.165, 1.54) is 0 Å². The highest BCUT2D eigenvalue weighted by molar-refractivity contribution is 5.99. The van der Waals surface area contributed by atoms with E-state index >= 15 is 0 Å². The van der Waals surface area contributed by atoms with Crippen LogP contribution in [0.5, 0.6) is 5.75 Å². The van der Waals surface area contributed by atoms with Gasteiger partial charge in [-0.05, 0) is 69.5 Å². The van der Waals surface area contributed by atoms with Crippen LogP contribution in [0.1, 0.15) is 49.0 Å². The van der Waals surface area contributed by atoms with Gasteiger partial charge in [-0.2, -0.15) is 0 Å². The maximum atomic E-state index is 13.3. The number of hydrogen-bond donors (Lipinski definition) is 3. The van der Waals surface area contributed by atoms with Gasteiger partial charge in [0.25, 0.3) is 5.91 Å². The number of nitrogens with zero attached hydrogens (tertiary/aromatic N) is 1. The summed E-state index contributed by atoms with van der Waals surface area (Å²) in [5.74, 6) is 0.127. The molecule has 9 heteroatoms. The number of anilines is 2. The predicted molar refractivity (Wildman–Crippen MR) is 137 cm³/mol. The van der Waals surface area contributed by atoms with Gasteiger partial charge in [0, 0.05) is 24.5 Å². The molecule has 9 nitrogen and oxygen atoms in total. The lowest BCUT2D eigenvalue weighted by Gasteiger charge is -2.42. The summed E-state index contributed by atoms with van der Waals surface area (Å²) in [6, 6.07) is 12.2. The predicted octanol–water partition coefficient (Wildman–Crippen LogP) is 3.93. The van der Waals surface area contributed by atoms with E-state index in [9.17, 15) is 14.4 Å². The molecule has 0 spiro atoms. The smallest absolute Gasteiger partial charge is 0.319 e. The van der Waals surface area contributed by atoms with Crippen LogP contribution in [0.2, 0.25) is 0 Å². The second-order valence-electron chi connectivity index (χ2n) is 9.75. The number of likely N-dealkylation sites (N-methyl/N-ethyl adjacent to an activating group) is 1. The Hall–Kier alpha value is -3.59. The van der Waals surface area contributed by atoms with Gasteiger partial charge in [0.15, 0.2) is 0 Å². The highest BCUT2D eigenvalue weighted by Crippen LogP contribution is 2.32. The van der Waals surface area contributed by atoms with Gasteiger partial charge in [0.05, 0.1) is 24.1 Å². The number of ether oxygens (including phenoxy) is 2. The molecule has 3 atom stereocenters. The zero-order chi connectivity index (χ0) is 25.8. The molecular formula is C27H34N4O5. The number of carbonyl (C=O) groups excluding carboxylic acids is 3. The molecule has 4 amide bonds. The third kappa shape index (κ3) is 6.15. The molecule has 0 saturated carbocycles. The van der Waals surface area contributed by atoms with Gasteiger partial charge in [0.2, 0.25) is 5.91 Å². The summed E-state index contributed by atoms with van der Waals surface area (Å²) in [7, 11) is 1.76. The van der Waals surface area contributed by atoms with E-state index in [1.807, 2.05) is 45.0 Å². The van der Waals surface area contributed by atoms with E-state index in [2.05, 4.69) is 16.0 Å². The van der Waals surface area contributed by atoms with E-state index in [1.54, 1.807) is 30.1 Å². The maximum Gasteiger partial charge on any atom is 0.319 e. The van der Waals surface area contributed by atoms with E-state index in [0.717, 1.165) is 11.3 Å². The van der Waals surface area contributed by atoms with Crippen molar-refractivity contribution in [2.45, 2.75) is 64.3 Å². The van der Waals surface area contributed by atoms with Crippen molar-refractivity contribution in [1.82, 2.24) is 10.2 Å². The molecule has 0 aromatic heterocycles. The highest BCUT2D eigenvalue weighted by atomic mass is 16.5. The number of rotatable bonds is 5. The fourth-order valence-electron chi connectivity index (χ4n) is 4.68. The van der Waals surface area contributed by atoms with Crippen molar-refractivity contribution in [3.8, 4) is 5.75 Å². The Morgan fingerprint density at radius 2 is 1.86 bits per heavy atom. The molecule has 0 unspecified atom stereocenters. The molecule has 2 heterocycles. The molecular weight excluding hydrogens is 460 g/mol. The number of urea groups is 1. The first kappa shape index (κ1) is 25.5. The van der Waals surface area contributed by atoms with E-state index in [0.29, 0.717) is 29.8 Å². The number of aryl methyl sites for hydroxylation is 1. The lowest BCUT2D eigenvalue weighted by molar-refractivity contribution is -0.130. The Labute approximate surface area is 211 Å². The second kappa shape index (κ2) is 11.0. The molecule has 2 aromatic rings. The molecule has 1 fully saturated rings. The Bertz CT molecular complexity index is 1130. The summed E-state index contributed by atoms with van der Waals surface area (Å²) in [4.78, 5) is 39.7. The molecule has 1 saturated heterocycles. The molecule has 3 N–H and O–H groups in total. The molecule has 0 bridgehead atoms. The first-order valence-electron chi connectivity index (χ1n) is 12.3. The average Bonchev–Trinajstić information content (AvgIpc) is 2.81. The van der Waals surface area contributed by atoms with Crippen LogP contribution >= 0.6 is 0 Å². The fourth-order valence-corrected chi connectivity index (χ4v) is 4.68. The lowest BCUT2D eigenvalue weighted by Crippen LogP contribution is -2.53. The van der Waals surface area contributed by atoms with Crippen LogP contribution in [0.4, 0.5) is 16.2 Å². The molecule has 0 aliphatic carbocycles. The highest BCUT2D eigenvalue weighted by Gasteiger charge is 2.39. The Morgan fingerprint density at radius 3 is 2.61 bits per heavy atom. The second-order valence-corrected chi connectivity index (χ2v) is 9.75. The zero-order valence-corrected chi connectivity index (χ0v) is 21.2. The Morgan fingerprint density at radius 1 is 1.08 bits per heavy atom. The molecule has 4 rings (SSSR count).